The lowest BCUT2D eigenvalue weighted by molar-refractivity contribution is -0.140. The van der Waals surface area contributed by atoms with Crippen molar-refractivity contribution in [2.24, 2.45) is 0 Å². The summed E-state index contributed by atoms with van der Waals surface area (Å²) in [7, 11) is 3.15. The summed E-state index contributed by atoms with van der Waals surface area (Å²) >= 11 is 0. The number of rotatable bonds is 7. The van der Waals surface area contributed by atoms with Crippen molar-refractivity contribution < 1.29 is 28.6 Å². The minimum atomic E-state index is -0.791. The minimum Gasteiger partial charge on any atom is -0.507 e. The molecule has 1 amide bonds. The van der Waals surface area contributed by atoms with Gasteiger partial charge in [0.1, 0.15) is 23.0 Å². The van der Waals surface area contributed by atoms with Crippen molar-refractivity contribution in [3.8, 4) is 11.5 Å². The predicted molar refractivity (Wildman–Crippen MR) is 127 cm³/mol. The van der Waals surface area contributed by atoms with Gasteiger partial charge in [-0.25, -0.2) is 0 Å². The third kappa shape index (κ3) is 4.17. The van der Waals surface area contributed by atoms with Gasteiger partial charge in [-0.05, 0) is 59.5 Å². The van der Waals surface area contributed by atoms with Gasteiger partial charge < -0.3 is 23.9 Å². The standard InChI is InChI=1S/C27H27NO6/c1-16(2)21-14-18(9-12-22(21)33-4)25(29)23-24(17-7-10-19(32-3)11-8-17)28(27(31)26(23)30)15-20-6-5-13-34-20/h5-14,16,24,29H,15H2,1-4H3/b25-23-. The first kappa shape index (κ1) is 23.2. The van der Waals surface area contributed by atoms with Gasteiger partial charge in [0.2, 0.25) is 0 Å². The van der Waals surface area contributed by atoms with E-state index in [0.717, 1.165) is 5.56 Å². The quantitative estimate of drug-likeness (QED) is 0.301. The maximum absolute atomic E-state index is 13.2. The Hall–Kier alpha value is -4.00. The zero-order valence-electron chi connectivity index (χ0n) is 19.6. The van der Waals surface area contributed by atoms with Crippen LogP contribution < -0.4 is 9.47 Å². The summed E-state index contributed by atoms with van der Waals surface area (Å²) in [5.41, 5.74) is 2.03. The highest BCUT2D eigenvalue weighted by Crippen LogP contribution is 2.41. The summed E-state index contributed by atoms with van der Waals surface area (Å²) in [5.74, 6) is 0.321. The van der Waals surface area contributed by atoms with Gasteiger partial charge in [0.25, 0.3) is 11.7 Å². The van der Waals surface area contributed by atoms with Gasteiger partial charge in [-0.2, -0.15) is 0 Å². The van der Waals surface area contributed by atoms with Crippen molar-refractivity contribution in [1.29, 1.82) is 0 Å². The number of ether oxygens (including phenoxy) is 2. The van der Waals surface area contributed by atoms with Crippen molar-refractivity contribution >= 4 is 17.4 Å². The number of hydrogen-bond donors (Lipinski definition) is 1. The molecule has 2 aromatic carbocycles. The number of methoxy groups -OCH3 is 2. The zero-order valence-corrected chi connectivity index (χ0v) is 19.6. The SMILES string of the molecule is COc1ccc(C2/C(=C(/O)c3ccc(OC)c(C(C)C)c3)C(=O)C(=O)N2Cc2ccco2)cc1. The Morgan fingerprint density at radius 1 is 1.06 bits per heavy atom. The lowest BCUT2D eigenvalue weighted by Gasteiger charge is -2.24. The van der Waals surface area contributed by atoms with E-state index < -0.39 is 17.7 Å². The molecule has 1 aromatic heterocycles. The molecular weight excluding hydrogens is 434 g/mol. The van der Waals surface area contributed by atoms with Crippen molar-refractivity contribution in [3.05, 3.63) is 88.9 Å². The van der Waals surface area contributed by atoms with Crippen molar-refractivity contribution in [1.82, 2.24) is 4.90 Å². The van der Waals surface area contributed by atoms with E-state index in [9.17, 15) is 14.7 Å². The normalized spacial score (nSPS) is 17.4. The molecule has 1 aliphatic heterocycles. The number of carbonyl (C=O) groups is 2. The lowest BCUT2D eigenvalue weighted by atomic mass is 9.93. The van der Waals surface area contributed by atoms with Gasteiger partial charge in [-0.15, -0.1) is 0 Å². The van der Waals surface area contributed by atoms with Crippen LogP contribution in [0.1, 0.15) is 48.3 Å². The second kappa shape index (κ2) is 9.47. The number of ketones is 1. The number of aliphatic hydroxyl groups is 1. The Kier molecular flexibility index (Phi) is 6.45. The van der Waals surface area contributed by atoms with Crippen molar-refractivity contribution in [2.75, 3.05) is 14.2 Å². The molecule has 1 fully saturated rings. The molecule has 2 heterocycles. The van der Waals surface area contributed by atoms with E-state index in [2.05, 4.69) is 0 Å². The largest absolute Gasteiger partial charge is 0.507 e. The Morgan fingerprint density at radius 2 is 1.79 bits per heavy atom. The number of Topliss-reactive ketones (excluding diaryl/α,β-unsaturated/α-hetero) is 1. The van der Waals surface area contributed by atoms with E-state index in [4.69, 9.17) is 13.9 Å². The number of carbonyl (C=O) groups excluding carboxylic acids is 2. The molecule has 0 saturated carbocycles. The van der Waals surface area contributed by atoms with Crippen LogP contribution in [0.4, 0.5) is 0 Å². The number of hydrogen-bond acceptors (Lipinski definition) is 6. The molecule has 4 rings (SSSR count). The predicted octanol–water partition coefficient (Wildman–Crippen LogP) is 5.04. The fourth-order valence-electron chi connectivity index (χ4n) is 4.23. The van der Waals surface area contributed by atoms with Crippen LogP contribution in [0.3, 0.4) is 0 Å². The summed E-state index contributed by atoms with van der Waals surface area (Å²) in [6, 6.07) is 15.0. The lowest BCUT2D eigenvalue weighted by Crippen LogP contribution is -2.29. The van der Waals surface area contributed by atoms with Crippen LogP contribution in [-0.4, -0.2) is 35.9 Å². The van der Waals surface area contributed by atoms with Gasteiger partial charge >= 0.3 is 0 Å². The highest BCUT2D eigenvalue weighted by Gasteiger charge is 2.46. The van der Waals surface area contributed by atoms with E-state index in [1.807, 2.05) is 13.8 Å². The van der Waals surface area contributed by atoms with Gasteiger partial charge in [0, 0.05) is 5.56 Å². The maximum Gasteiger partial charge on any atom is 0.296 e. The van der Waals surface area contributed by atoms with Gasteiger partial charge in [-0.1, -0.05) is 26.0 Å². The Labute approximate surface area is 198 Å². The molecule has 3 aromatic rings. The molecule has 1 unspecified atom stereocenters. The van der Waals surface area contributed by atoms with E-state index >= 15 is 0 Å². The van der Waals surface area contributed by atoms with Crippen LogP contribution in [0.25, 0.3) is 5.76 Å². The molecule has 0 spiro atoms. The monoisotopic (exact) mass is 461 g/mol. The van der Waals surface area contributed by atoms with E-state index in [1.54, 1.807) is 68.8 Å². The minimum absolute atomic E-state index is 0.0293. The fourth-order valence-corrected chi connectivity index (χ4v) is 4.23. The molecule has 34 heavy (non-hydrogen) atoms. The first-order valence-corrected chi connectivity index (χ1v) is 11.0. The molecule has 176 valence electrons. The number of nitrogens with zero attached hydrogens (tertiary/aromatic N) is 1. The molecule has 1 saturated heterocycles. The van der Waals surface area contributed by atoms with Gasteiger partial charge in [0.05, 0.1) is 38.6 Å². The smallest absolute Gasteiger partial charge is 0.296 e. The molecular formula is C27H27NO6. The maximum atomic E-state index is 13.2. The number of likely N-dealkylation sites (tertiary alicyclic amines) is 1. The molecule has 0 radical (unpaired) electrons. The second-order valence-corrected chi connectivity index (χ2v) is 8.39. The number of aliphatic hydroxyl groups excluding tert-OH is 1. The topological polar surface area (TPSA) is 89.2 Å². The first-order valence-electron chi connectivity index (χ1n) is 11.0. The third-order valence-electron chi connectivity index (χ3n) is 6.00. The Balaban J connectivity index is 1.87. The van der Waals surface area contributed by atoms with E-state index in [1.165, 1.54) is 11.2 Å². The van der Waals surface area contributed by atoms with Crippen LogP contribution in [0.2, 0.25) is 0 Å². The number of amides is 1. The number of furan rings is 1. The Bertz CT molecular complexity index is 1220. The van der Waals surface area contributed by atoms with Gasteiger partial charge in [0.15, 0.2) is 0 Å². The summed E-state index contributed by atoms with van der Waals surface area (Å²) < 4.78 is 16.1. The fraction of sp³-hybridized carbons (Fsp3) is 0.259. The molecule has 7 nitrogen and oxygen atoms in total. The van der Waals surface area contributed by atoms with E-state index in [0.29, 0.717) is 28.4 Å². The van der Waals surface area contributed by atoms with Crippen LogP contribution in [0, 0.1) is 0 Å². The van der Waals surface area contributed by atoms with Gasteiger partial charge in [-0.3, -0.25) is 9.59 Å². The summed E-state index contributed by atoms with van der Waals surface area (Å²) in [4.78, 5) is 27.7. The van der Waals surface area contributed by atoms with Crippen LogP contribution >= 0.6 is 0 Å². The van der Waals surface area contributed by atoms with Crippen molar-refractivity contribution in [2.45, 2.75) is 32.4 Å². The summed E-state index contributed by atoms with van der Waals surface area (Å²) in [6.07, 6.45) is 1.51. The zero-order chi connectivity index (χ0) is 24.4. The number of benzene rings is 2. The highest BCUT2D eigenvalue weighted by atomic mass is 16.5. The molecule has 0 bridgehead atoms. The average Bonchev–Trinajstić information content (AvgIpc) is 3.45. The van der Waals surface area contributed by atoms with Crippen LogP contribution in [0.5, 0.6) is 11.5 Å². The molecule has 1 N–H and O–H groups in total. The second-order valence-electron chi connectivity index (χ2n) is 8.39. The molecule has 0 aliphatic carbocycles. The summed E-state index contributed by atoms with van der Waals surface area (Å²) in [5, 5.41) is 11.3. The molecule has 7 heteroatoms. The third-order valence-corrected chi connectivity index (χ3v) is 6.00. The molecule has 1 aliphatic rings. The average molecular weight is 462 g/mol. The van der Waals surface area contributed by atoms with Crippen molar-refractivity contribution in [3.63, 3.8) is 0 Å². The van der Waals surface area contributed by atoms with Crippen LogP contribution in [0.15, 0.2) is 70.9 Å². The summed E-state index contributed by atoms with van der Waals surface area (Å²) in [6.45, 7) is 4.12. The molecule has 1 atom stereocenters. The van der Waals surface area contributed by atoms with Crippen LogP contribution in [-0.2, 0) is 16.1 Å². The van der Waals surface area contributed by atoms with E-state index in [-0.39, 0.29) is 23.8 Å². The highest BCUT2D eigenvalue weighted by molar-refractivity contribution is 6.46. The Morgan fingerprint density at radius 3 is 2.38 bits per heavy atom. The first-order chi connectivity index (χ1) is 16.3.